The van der Waals surface area contributed by atoms with Crippen molar-refractivity contribution in [2.45, 2.75) is 37.8 Å². The summed E-state index contributed by atoms with van der Waals surface area (Å²) in [6.45, 7) is 0. The molecule has 0 heterocycles. The Morgan fingerprint density at radius 1 is 1.29 bits per heavy atom. The van der Waals surface area contributed by atoms with Gasteiger partial charge in [0.25, 0.3) is 0 Å². The van der Waals surface area contributed by atoms with E-state index in [9.17, 15) is 9.90 Å². The third-order valence-corrected chi connectivity index (χ3v) is 3.98. The molecule has 1 aromatic carbocycles. The fraction of sp³-hybridized carbons (Fsp3) is 0.500. The molecule has 0 radical (unpaired) electrons. The molecule has 2 aliphatic rings. The monoisotopic (exact) mass is 231 g/mol. The van der Waals surface area contributed by atoms with Gasteiger partial charge in [-0.2, -0.15) is 0 Å². The van der Waals surface area contributed by atoms with Crippen LogP contribution in [0.2, 0.25) is 0 Å². The van der Waals surface area contributed by atoms with E-state index in [1.807, 2.05) is 24.3 Å². The van der Waals surface area contributed by atoms with Gasteiger partial charge in [-0.3, -0.25) is 4.79 Å². The van der Waals surface area contributed by atoms with E-state index in [0.29, 0.717) is 6.42 Å². The molecule has 0 spiro atoms. The summed E-state index contributed by atoms with van der Waals surface area (Å²) in [4.78, 5) is 11.9. The van der Waals surface area contributed by atoms with Gasteiger partial charge in [0.15, 0.2) is 0 Å². The first kappa shape index (κ1) is 10.8. The normalized spacial score (nSPS) is 27.4. The summed E-state index contributed by atoms with van der Waals surface area (Å²) in [6.07, 6.45) is 3.32. The lowest BCUT2D eigenvalue weighted by Gasteiger charge is -2.27. The van der Waals surface area contributed by atoms with Gasteiger partial charge in [-0.25, -0.2) is 0 Å². The van der Waals surface area contributed by atoms with Crippen LogP contribution in [0.15, 0.2) is 24.3 Å². The Balaban J connectivity index is 1.76. The molecular formula is C14H17NO2. The van der Waals surface area contributed by atoms with E-state index in [4.69, 9.17) is 0 Å². The Morgan fingerprint density at radius 2 is 2.06 bits per heavy atom. The molecule has 3 rings (SSSR count). The first-order valence-corrected chi connectivity index (χ1v) is 6.32. The molecule has 3 heteroatoms. The number of benzene rings is 1. The van der Waals surface area contributed by atoms with Crippen molar-refractivity contribution in [2.24, 2.45) is 5.92 Å². The van der Waals surface area contributed by atoms with Crippen LogP contribution in [0.1, 0.15) is 36.4 Å². The molecule has 2 unspecified atom stereocenters. The molecule has 17 heavy (non-hydrogen) atoms. The van der Waals surface area contributed by atoms with Crippen LogP contribution >= 0.6 is 0 Å². The summed E-state index contributed by atoms with van der Waals surface area (Å²) in [7, 11) is 0. The lowest BCUT2D eigenvalue weighted by Crippen LogP contribution is -2.39. The van der Waals surface area contributed by atoms with Gasteiger partial charge in [0.1, 0.15) is 0 Å². The van der Waals surface area contributed by atoms with Gasteiger partial charge in [0.2, 0.25) is 5.91 Å². The van der Waals surface area contributed by atoms with Crippen LogP contribution in [0.5, 0.6) is 0 Å². The molecule has 0 aliphatic heterocycles. The molecule has 2 N–H and O–H groups in total. The predicted molar refractivity (Wildman–Crippen MR) is 64.4 cm³/mol. The van der Waals surface area contributed by atoms with Gasteiger partial charge in [0.05, 0.1) is 12.1 Å². The summed E-state index contributed by atoms with van der Waals surface area (Å²) in [6, 6.07) is 7.74. The molecule has 1 fully saturated rings. The summed E-state index contributed by atoms with van der Waals surface area (Å²) >= 11 is 0. The van der Waals surface area contributed by atoms with Gasteiger partial charge in [-0.1, -0.05) is 30.7 Å². The third kappa shape index (κ3) is 1.84. The molecule has 2 atom stereocenters. The Morgan fingerprint density at radius 3 is 2.76 bits per heavy atom. The highest BCUT2D eigenvalue weighted by atomic mass is 16.3. The minimum Gasteiger partial charge on any atom is -0.390 e. The molecule has 0 aromatic heterocycles. The van der Waals surface area contributed by atoms with Crippen LogP contribution in [-0.4, -0.2) is 17.1 Å². The topological polar surface area (TPSA) is 49.3 Å². The summed E-state index contributed by atoms with van der Waals surface area (Å²) in [5.41, 5.74) is 2.23. The van der Waals surface area contributed by atoms with Crippen LogP contribution in [0, 0.1) is 5.92 Å². The molecule has 1 saturated carbocycles. The Labute approximate surface area is 101 Å². The zero-order valence-electron chi connectivity index (χ0n) is 9.73. The largest absolute Gasteiger partial charge is 0.390 e. The summed E-state index contributed by atoms with van der Waals surface area (Å²) < 4.78 is 0. The lowest BCUT2D eigenvalue weighted by atomic mass is 9.84. The van der Waals surface area contributed by atoms with Crippen LogP contribution in [-0.2, 0) is 11.2 Å². The number of aliphatic hydroxyl groups is 1. The summed E-state index contributed by atoms with van der Waals surface area (Å²) in [5.74, 6) is 0.284. The molecule has 1 aromatic rings. The average molecular weight is 231 g/mol. The highest BCUT2D eigenvalue weighted by molar-refractivity contribution is 5.80. The molecular weight excluding hydrogens is 214 g/mol. The van der Waals surface area contributed by atoms with E-state index in [0.717, 1.165) is 30.4 Å². The van der Waals surface area contributed by atoms with Crippen molar-refractivity contribution in [2.75, 3.05) is 0 Å². The van der Waals surface area contributed by atoms with E-state index in [-0.39, 0.29) is 17.9 Å². The van der Waals surface area contributed by atoms with Crippen molar-refractivity contribution in [1.29, 1.82) is 0 Å². The predicted octanol–water partition coefficient (Wildman–Crippen LogP) is 1.56. The van der Waals surface area contributed by atoms with E-state index in [2.05, 4.69) is 5.32 Å². The number of rotatable bonds is 2. The first-order valence-electron chi connectivity index (χ1n) is 6.32. The van der Waals surface area contributed by atoms with Gasteiger partial charge in [0, 0.05) is 12.3 Å². The molecule has 3 nitrogen and oxygen atoms in total. The Hall–Kier alpha value is -1.35. The molecule has 0 saturated heterocycles. The second kappa shape index (κ2) is 4.15. The van der Waals surface area contributed by atoms with Gasteiger partial charge < -0.3 is 10.4 Å². The number of fused-ring (bicyclic) bond motifs is 1. The quantitative estimate of drug-likeness (QED) is 0.811. The Kier molecular flexibility index (Phi) is 2.63. The number of nitrogens with one attached hydrogen (secondary N) is 1. The minimum absolute atomic E-state index is 0.108. The van der Waals surface area contributed by atoms with Crippen molar-refractivity contribution in [1.82, 2.24) is 5.32 Å². The maximum atomic E-state index is 11.9. The minimum atomic E-state index is -0.476. The van der Waals surface area contributed by atoms with Gasteiger partial charge in [-0.15, -0.1) is 0 Å². The summed E-state index contributed by atoms with van der Waals surface area (Å²) in [5, 5.41) is 13.0. The molecule has 1 amide bonds. The number of carbonyl (C=O) groups excluding carboxylic acids is 1. The van der Waals surface area contributed by atoms with Gasteiger partial charge >= 0.3 is 0 Å². The lowest BCUT2D eigenvalue weighted by molar-refractivity contribution is -0.128. The first-order chi connectivity index (χ1) is 8.25. The van der Waals surface area contributed by atoms with E-state index < -0.39 is 6.10 Å². The smallest absolute Gasteiger partial charge is 0.223 e. The van der Waals surface area contributed by atoms with Crippen molar-refractivity contribution >= 4 is 5.91 Å². The number of aliphatic hydroxyl groups excluding tert-OH is 1. The van der Waals surface area contributed by atoms with Crippen LogP contribution in [0.25, 0.3) is 0 Å². The van der Waals surface area contributed by atoms with Crippen LogP contribution in [0.3, 0.4) is 0 Å². The number of amides is 1. The van der Waals surface area contributed by atoms with Crippen molar-refractivity contribution in [3.63, 3.8) is 0 Å². The maximum absolute atomic E-state index is 11.9. The fourth-order valence-corrected chi connectivity index (χ4v) is 2.69. The zero-order valence-corrected chi connectivity index (χ0v) is 9.73. The van der Waals surface area contributed by atoms with Crippen molar-refractivity contribution < 1.29 is 9.90 Å². The number of hydrogen-bond donors (Lipinski definition) is 2. The van der Waals surface area contributed by atoms with E-state index in [1.165, 1.54) is 0 Å². The van der Waals surface area contributed by atoms with Crippen LogP contribution < -0.4 is 5.32 Å². The molecule has 90 valence electrons. The average Bonchev–Trinajstić information content (AvgIpc) is 2.53. The molecule has 2 aliphatic carbocycles. The van der Waals surface area contributed by atoms with Crippen molar-refractivity contribution in [3.8, 4) is 0 Å². The molecule has 0 bridgehead atoms. The Bertz CT molecular complexity index is 440. The van der Waals surface area contributed by atoms with Gasteiger partial charge in [-0.05, 0) is 24.0 Å². The second-order valence-electron chi connectivity index (χ2n) is 5.08. The van der Waals surface area contributed by atoms with E-state index >= 15 is 0 Å². The highest BCUT2D eigenvalue weighted by Crippen LogP contribution is 2.33. The van der Waals surface area contributed by atoms with Crippen molar-refractivity contribution in [3.05, 3.63) is 35.4 Å². The van der Waals surface area contributed by atoms with E-state index in [1.54, 1.807) is 0 Å². The highest BCUT2D eigenvalue weighted by Gasteiger charge is 2.34. The SMILES string of the molecule is O=C(NC1c2ccccc2CC1O)C1CCC1. The van der Waals surface area contributed by atoms with Crippen LogP contribution in [0.4, 0.5) is 0 Å². The zero-order chi connectivity index (χ0) is 11.8. The second-order valence-corrected chi connectivity index (χ2v) is 5.08. The number of hydrogen-bond acceptors (Lipinski definition) is 2. The fourth-order valence-electron chi connectivity index (χ4n) is 2.69. The maximum Gasteiger partial charge on any atom is 0.223 e. The third-order valence-electron chi connectivity index (χ3n) is 3.98. The standard InChI is InChI=1S/C14H17NO2/c16-12-8-10-4-1-2-7-11(10)13(12)15-14(17)9-5-3-6-9/h1-2,4,7,9,12-13,16H,3,5-6,8H2,(H,15,17). The number of carbonyl (C=O) groups is 1.